The third-order valence-electron chi connectivity index (χ3n) is 4.68. The predicted molar refractivity (Wildman–Crippen MR) is 102 cm³/mol. The molecule has 4 nitrogen and oxygen atoms in total. The molecule has 138 valence electrons. The molecule has 0 atom stereocenters. The van der Waals surface area contributed by atoms with E-state index in [0.29, 0.717) is 11.4 Å². The lowest BCUT2D eigenvalue weighted by Gasteiger charge is -2.38. The summed E-state index contributed by atoms with van der Waals surface area (Å²) in [7, 11) is 2.11. The standard InChI is InChI=1S/C20H22ClFN2O2/c1-20(8-10-24(2)11-9-20)26-16-5-3-4-15(13-16)23-19(25)17-7-6-14(22)12-18(17)21/h3-7,12-13H,8-11H2,1-2H3,(H,23,25). The second-order valence-electron chi connectivity index (χ2n) is 6.96. The van der Waals surface area contributed by atoms with Crippen molar-refractivity contribution in [1.29, 1.82) is 0 Å². The molecule has 0 spiro atoms. The van der Waals surface area contributed by atoms with Gasteiger partial charge in [0.15, 0.2) is 0 Å². The molecule has 2 aromatic carbocycles. The maximum Gasteiger partial charge on any atom is 0.257 e. The molecule has 1 fully saturated rings. The summed E-state index contributed by atoms with van der Waals surface area (Å²) >= 11 is 5.95. The molecular weight excluding hydrogens is 355 g/mol. The fourth-order valence-electron chi connectivity index (χ4n) is 2.99. The van der Waals surface area contributed by atoms with E-state index >= 15 is 0 Å². The van der Waals surface area contributed by atoms with Crippen LogP contribution >= 0.6 is 11.6 Å². The van der Waals surface area contributed by atoms with Gasteiger partial charge in [0.1, 0.15) is 17.2 Å². The highest BCUT2D eigenvalue weighted by Gasteiger charge is 2.30. The summed E-state index contributed by atoms with van der Waals surface area (Å²) in [4.78, 5) is 14.7. The van der Waals surface area contributed by atoms with Crippen LogP contribution in [0.1, 0.15) is 30.1 Å². The lowest BCUT2D eigenvalue weighted by Crippen LogP contribution is -2.44. The number of halogens is 2. The number of rotatable bonds is 4. The molecule has 1 amide bonds. The molecule has 0 aliphatic carbocycles. The van der Waals surface area contributed by atoms with Crippen molar-refractivity contribution in [3.63, 3.8) is 0 Å². The van der Waals surface area contributed by atoms with E-state index in [-0.39, 0.29) is 16.2 Å². The number of hydrogen-bond acceptors (Lipinski definition) is 3. The molecule has 0 aromatic heterocycles. The first-order chi connectivity index (χ1) is 12.3. The van der Waals surface area contributed by atoms with Crippen molar-refractivity contribution in [3.8, 4) is 5.75 Å². The van der Waals surface area contributed by atoms with E-state index in [1.165, 1.54) is 12.1 Å². The Morgan fingerprint density at radius 2 is 1.96 bits per heavy atom. The van der Waals surface area contributed by atoms with Crippen LogP contribution in [-0.2, 0) is 0 Å². The zero-order valence-corrected chi connectivity index (χ0v) is 15.6. The van der Waals surface area contributed by atoms with E-state index in [2.05, 4.69) is 24.2 Å². The van der Waals surface area contributed by atoms with Gasteiger partial charge in [0.05, 0.1) is 10.6 Å². The first-order valence-electron chi connectivity index (χ1n) is 8.59. The predicted octanol–water partition coefficient (Wildman–Crippen LogP) is 4.59. The molecule has 1 N–H and O–H groups in total. The fourth-order valence-corrected chi connectivity index (χ4v) is 3.24. The number of carbonyl (C=O) groups excluding carboxylic acids is 1. The van der Waals surface area contributed by atoms with Crippen molar-refractivity contribution in [2.45, 2.75) is 25.4 Å². The van der Waals surface area contributed by atoms with Gasteiger partial charge in [-0.05, 0) is 57.1 Å². The Morgan fingerprint density at radius 3 is 2.65 bits per heavy atom. The zero-order valence-electron chi connectivity index (χ0n) is 14.9. The molecule has 0 saturated carbocycles. The molecule has 6 heteroatoms. The number of carbonyl (C=O) groups is 1. The molecular formula is C20H22ClFN2O2. The average Bonchev–Trinajstić information content (AvgIpc) is 2.58. The molecule has 2 aromatic rings. The highest BCUT2D eigenvalue weighted by Crippen LogP contribution is 2.29. The van der Waals surface area contributed by atoms with Gasteiger partial charge in [-0.3, -0.25) is 4.79 Å². The number of amides is 1. The summed E-state index contributed by atoms with van der Waals surface area (Å²) in [5.74, 6) is -0.161. The number of anilines is 1. The number of nitrogens with zero attached hydrogens (tertiary/aromatic N) is 1. The summed E-state index contributed by atoms with van der Waals surface area (Å²) in [6.07, 6.45) is 1.90. The average molecular weight is 377 g/mol. The molecule has 26 heavy (non-hydrogen) atoms. The van der Waals surface area contributed by atoms with Crippen LogP contribution in [0.3, 0.4) is 0 Å². The summed E-state index contributed by atoms with van der Waals surface area (Å²) in [5.41, 5.74) is 0.612. The Balaban J connectivity index is 1.70. The number of ether oxygens (including phenoxy) is 1. The van der Waals surface area contributed by atoms with Gasteiger partial charge in [-0.1, -0.05) is 17.7 Å². The van der Waals surface area contributed by atoms with Crippen molar-refractivity contribution >= 4 is 23.2 Å². The molecule has 1 aliphatic heterocycles. The van der Waals surface area contributed by atoms with Gasteiger partial charge in [-0.15, -0.1) is 0 Å². The lowest BCUT2D eigenvalue weighted by atomic mass is 9.93. The summed E-state index contributed by atoms with van der Waals surface area (Å²) < 4.78 is 19.3. The Kier molecular flexibility index (Phi) is 5.49. The second kappa shape index (κ2) is 7.64. The number of nitrogens with one attached hydrogen (secondary N) is 1. The minimum atomic E-state index is -0.478. The van der Waals surface area contributed by atoms with Gasteiger partial charge in [-0.25, -0.2) is 4.39 Å². The van der Waals surface area contributed by atoms with Crippen molar-refractivity contribution in [2.75, 3.05) is 25.5 Å². The molecule has 0 unspecified atom stereocenters. The van der Waals surface area contributed by atoms with Crippen LogP contribution < -0.4 is 10.1 Å². The largest absolute Gasteiger partial charge is 0.487 e. The van der Waals surface area contributed by atoms with Crippen LogP contribution in [0.5, 0.6) is 5.75 Å². The van der Waals surface area contributed by atoms with E-state index in [0.717, 1.165) is 32.0 Å². The van der Waals surface area contributed by atoms with Crippen LogP contribution in [0.2, 0.25) is 5.02 Å². The van der Waals surface area contributed by atoms with E-state index < -0.39 is 11.7 Å². The van der Waals surface area contributed by atoms with Crippen LogP contribution in [-0.4, -0.2) is 36.5 Å². The van der Waals surface area contributed by atoms with Gasteiger partial charge < -0.3 is 15.0 Å². The van der Waals surface area contributed by atoms with E-state index in [9.17, 15) is 9.18 Å². The van der Waals surface area contributed by atoms with Crippen LogP contribution in [0.4, 0.5) is 10.1 Å². The summed E-state index contributed by atoms with van der Waals surface area (Å²) in [6, 6.07) is 11.0. The number of benzene rings is 2. The second-order valence-corrected chi connectivity index (χ2v) is 7.37. The number of piperidine rings is 1. The van der Waals surface area contributed by atoms with E-state index in [1.807, 2.05) is 12.1 Å². The van der Waals surface area contributed by atoms with Crippen LogP contribution in [0.15, 0.2) is 42.5 Å². The quantitative estimate of drug-likeness (QED) is 0.848. The number of hydrogen-bond donors (Lipinski definition) is 1. The highest BCUT2D eigenvalue weighted by molar-refractivity contribution is 6.34. The topological polar surface area (TPSA) is 41.6 Å². The Hall–Kier alpha value is -2.11. The normalized spacial score (nSPS) is 16.9. The third kappa shape index (κ3) is 4.54. The number of likely N-dealkylation sites (tertiary alicyclic amines) is 1. The third-order valence-corrected chi connectivity index (χ3v) is 4.99. The highest BCUT2D eigenvalue weighted by atomic mass is 35.5. The summed E-state index contributed by atoms with van der Waals surface area (Å²) in [5, 5.41) is 2.86. The van der Waals surface area contributed by atoms with Gasteiger partial charge >= 0.3 is 0 Å². The van der Waals surface area contributed by atoms with Gasteiger partial charge in [0.25, 0.3) is 5.91 Å². The van der Waals surface area contributed by atoms with Crippen molar-refractivity contribution in [3.05, 3.63) is 58.9 Å². The SMILES string of the molecule is CN1CCC(C)(Oc2cccc(NC(=O)c3ccc(F)cc3Cl)c2)CC1. The first-order valence-corrected chi connectivity index (χ1v) is 8.96. The zero-order chi connectivity index (χ0) is 18.7. The minimum absolute atomic E-state index is 0.0775. The maximum atomic E-state index is 13.1. The Bertz CT molecular complexity index is 804. The minimum Gasteiger partial charge on any atom is -0.487 e. The monoisotopic (exact) mass is 376 g/mol. The van der Waals surface area contributed by atoms with Crippen molar-refractivity contribution < 1.29 is 13.9 Å². The van der Waals surface area contributed by atoms with Gasteiger partial charge in [0, 0.05) is 24.8 Å². The van der Waals surface area contributed by atoms with Gasteiger partial charge in [0.2, 0.25) is 0 Å². The van der Waals surface area contributed by atoms with Crippen molar-refractivity contribution in [2.24, 2.45) is 0 Å². The Morgan fingerprint density at radius 1 is 1.23 bits per heavy atom. The molecule has 1 heterocycles. The smallest absolute Gasteiger partial charge is 0.257 e. The summed E-state index contributed by atoms with van der Waals surface area (Å²) in [6.45, 7) is 4.11. The lowest BCUT2D eigenvalue weighted by molar-refractivity contribution is 0.0241. The molecule has 1 aliphatic rings. The fraction of sp³-hybridized carbons (Fsp3) is 0.350. The molecule has 1 saturated heterocycles. The first kappa shape index (κ1) is 18.7. The maximum absolute atomic E-state index is 13.1. The van der Waals surface area contributed by atoms with Crippen molar-refractivity contribution in [1.82, 2.24) is 4.90 Å². The van der Waals surface area contributed by atoms with Crippen LogP contribution in [0.25, 0.3) is 0 Å². The molecule has 0 radical (unpaired) electrons. The van der Waals surface area contributed by atoms with Crippen LogP contribution in [0, 0.1) is 5.82 Å². The van der Waals surface area contributed by atoms with E-state index in [1.54, 1.807) is 12.1 Å². The molecule has 3 rings (SSSR count). The molecule has 0 bridgehead atoms. The van der Waals surface area contributed by atoms with Gasteiger partial charge in [-0.2, -0.15) is 0 Å². The van der Waals surface area contributed by atoms with E-state index in [4.69, 9.17) is 16.3 Å². The Labute approximate surface area is 157 Å².